The van der Waals surface area contributed by atoms with Gasteiger partial charge in [0.1, 0.15) is 0 Å². The van der Waals surface area contributed by atoms with Crippen molar-refractivity contribution in [3.63, 3.8) is 0 Å². The molecule has 0 aliphatic heterocycles. The van der Waals surface area contributed by atoms with E-state index in [4.69, 9.17) is 9.84 Å². The third kappa shape index (κ3) is 4.89. The summed E-state index contributed by atoms with van der Waals surface area (Å²) in [6.07, 6.45) is 0. The molecule has 6 nitrogen and oxygen atoms in total. The van der Waals surface area contributed by atoms with Crippen molar-refractivity contribution in [1.82, 2.24) is 10.2 Å². The molecule has 6 heteroatoms. The highest BCUT2D eigenvalue weighted by Crippen LogP contribution is 2.06. The molecule has 0 saturated carbocycles. The highest BCUT2D eigenvalue weighted by atomic mass is 16.5. The molecule has 1 unspecified atom stereocenters. The third-order valence-corrected chi connectivity index (χ3v) is 2.78. The first-order valence-corrected chi connectivity index (χ1v) is 6.23. The van der Waals surface area contributed by atoms with Crippen molar-refractivity contribution < 1.29 is 19.4 Å². The van der Waals surface area contributed by atoms with E-state index in [1.165, 1.54) is 12.0 Å². The number of rotatable bonds is 6. The molecule has 0 bridgehead atoms. The minimum Gasteiger partial charge on any atom is -0.480 e. The van der Waals surface area contributed by atoms with E-state index in [9.17, 15) is 9.59 Å². The maximum Gasteiger partial charge on any atom is 0.328 e. The van der Waals surface area contributed by atoms with E-state index in [2.05, 4.69) is 5.32 Å². The highest BCUT2D eigenvalue weighted by molar-refractivity contribution is 5.82. The van der Waals surface area contributed by atoms with Gasteiger partial charge in [-0.15, -0.1) is 0 Å². The van der Waals surface area contributed by atoms with Gasteiger partial charge in [-0.25, -0.2) is 9.59 Å². The van der Waals surface area contributed by atoms with Crippen LogP contribution in [0.15, 0.2) is 24.3 Å². The number of carboxylic acid groups (broad SMARTS) is 1. The fraction of sp³-hybridized carbons (Fsp3) is 0.429. The summed E-state index contributed by atoms with van der Waals surface area (Å²) in [5.41, 5.74) is 2.10. The van der Waals surface area contributed by atoms with Gasteiger partial charge >= 0.3 is 12.0 Å². The van der Waals surface area contributed by atoms with Crippen molar-refractivity contribution in [2.24, 2.45) is 0 Å². The molecule has 1 aromatic carbocycles. The zero-order valence-corrected chi connectivity index (χ0v) is 11.9. The lowest BCUT2D eigenvalue weighted by Crippen LogP contribution is -2.48. The normalized spacial score (nSPS) is 11.8. The molecule has 0 heterocycles. The van der Waals surface area contributed by atoms with E-state index in [-0.39, 0.29) is 6.61 Å². The number of benzene rings is 1. The Morgan fingerprint density at radius 1 is 1.45 bits per heavy atom. The molecule has 1 rings (SSSR count). The van der Waals surface area contributed by atoms with Gasteiger partial charge in [-0.05, 0) is 12.5 Å². The van der Waals surface area contributed by atoms with Crippen molar-refractivity contribution in [3.05, 3.63) is 35.4 Å². The molecule has 0 fully saturated rings. The molecule has 1 atom stereocenters. The molecule has 2 N–H and O–H groups in total. The van der Waals surface area contributed by atoms with E-state index in [0.29, 0.717) is 6.54 Å². The number of nitrogens with one attached hydrogen (secondary N) is 1. The van der Waals surface area contributed by atoms with Gasteiger partial charge in [0.15, 0.2) is 6.04 Å². The van der Waals surface area contributed by atoms with Gasteiger partial charge < -0.3 is 20.1 Å². The van der Waals surface area contributed by atoms with Gasteiger partial charge in [0, 0.05) is 20.7 Å². The average molecular weight is 280 g/mol. The fourth-order valence-electron chi connectivity index (χ4n) is 1.76. The number of ether oxygens (including phenoxy) is 1. The van der Waals surface area contributed by atoms with Crippen LogP contribution in [0, 0.1) is 6.92 Å². The first kappa shape index (κ1) is 16.0. The molecular weight excluding hydrogens is 260 g/mol. The summed E-state index contributed by atoms with van der Waals surface area (Å²) in [5, 5.41) is 11.4. The third-order valence-electron chi connectivity index (χ3n) is 2.78. The van der Waals surface area contributed by atoms with E-state index in [1.807, 2.05) is 31.2 Å². The van der Waals surface area contributed by atoms with E-state index in [1.54, 1.807) is 7.05 Å². The highest BCUT2D eigenvalue weighted by Gasteiger charge is 2.21. The minimum atomic E-state index is -1.12. The Labute approximate surface area is 118 Å². The second-order valence-electron chi connectivity index (χ2n) is 4.64. The molecule has 0 radical (unpaired) electrons. The number of nitrogens with zero attached hydrogens (tertiary/aromatic N) is 1. The van der Waals surface area contributed by atoms with Crippen LogP contribution in [0.25, 0.3) is 0 Å². The topological polar surface area (TPSA) is 78.9 Å². The number of hydrogen-bond donors (Lipinski definition) is 2. The maximum absolute atomic E-state index is 11.9. The largest absolute Gasteiger partial charge is 0.480 e. The quantitative estimate of drug-likeness (QED) is 0.821. The molecule has 1 aromatic rings. The summed E-state index contributed by atoms with van der Waals surface area (Å²) >= 11 is 0. The lowest BCUT2D eigenvalue weighted by atomic mass is 10.1. The first-order chi connectivity index (χ1) is 9.43. The Bertz CT molecular complexity index is 476. The van der Waals surface area contributed by atoms with Gasteiger partial charge in [0.25, 0.3) is 0 Å². The smallest absolute Gasteiger partial charge is 0.328 e. The molecule has 2 amide bonds. The predicted molar refractivity (Wildman–Crippen MR) is 74.5 cm³/mol. The van der Waals surface area contributed by atoms with Crippen LogP contribution in [-0.2, 0) is 16.1 Å². The molecule has 0 aliphatic carbocycles. The van der Waals surface area contributed by atoms with Crippen LogP contribution in [0.4, 0.5) is 4.79 Å². The van der Waals surface area contributed by atoms with Crippen LogP contribution < -0.4 is 5.32 Å². The predicted octanol–water partition coefficient (Wildman–Crippen LogP) is 1.24. The van der Waals surface area contributed by atoms with Crippen LogP contribution >= 0.6 is 0 Å². The molecule has 0 aliphatic rings. The number of amides is 2. The number of aryl methyl sites for hydroxylation is 1. The summed E-state index contributed by atoms with van der Waals surface area (Å²) in [5.74, 6) is -1.12. The molecule has 20 heavy (non-hydrogen) atoms. The number of carbonyl (C=O) groups is 2. The number of carboxylic acids is 1. The standard InChI is InChI=1S/C14H20N2O4/c1-10-5-4-6-11(7-10)8-16(2)14(19)15-12(9-20-3)13(17)18/h4-7,12H,8-9H2,1-3H3,(H,15,19)(H,17,18). The molecule has 0 aromatic heterocycles. The monoisotopic (exact) mass is 280 g/mol. The van der Waals surface area contributed by atoms with Gasteiger partial charge in [-0.1, -0.05) is 29.8 Å². The average Bonchev–Trinajstić information content (AvgIpc) is 2.37. The molecule has 110 valence electrons. The van der Waals surface area contributed by atoms with Gasteiger partial charge in [-0.2, -0.15) is 0 Å². The Kier molecular flexibility index (Phi) is 5.99. The van der Waals surface area contributed by atoms with Crippen LogP contribution in [0.2, 0.25) is 0 Å². The van der Waals surface area contributed by atoms with E-state index in [0.717, 1.165) is 11.1 Å². The zero-order chi connectivity index (χ0) is 15.1. The molecular formula is C14H20N2O4. The first-order valence-electron chi connectivity index (χ1n) is 6.23. The summed E-state index contributed by atoms with van der Waals surface area (Å²) in [6, 6.07) is 6.29. The number of methoxy groups -OCH3 is 1. The molecule has 0 spiro atoms. The maximum atomic E-state index is 11.9. The van der Waals surface area contributed by atoms with Crippen LogP contribution in [-0.4, -0.2) is 48.8 Å². The number of aliphatic carboxylic acids is 1. The summed E-state index contributed by atoms with van der Waals surface area (Å²) in [4.78, 5) is 24.3. The van der Waals surface area contributed by atoms with Gasteiger partial charge in [0.2, 0.25) is 0 Å². The van der Waals surface area contributed by atoms with Crippen molar-refractivity contribution in [2.45, 2.75) is 19.5 Å². The Hall–Kier alpha value is -2.08. The lowest BCUT2D eigenvalue weighted by molar-refractivity contribution is -0.140. The van der Waals surface area contributed by atoms with Gasteiger partial charge in [-0.3, -0.25) is 0 Å². The second kappa shape index (κ2) is 7.49. The summed E-state index contributed by atoms with van der Waals surface area (Å²) < 4.78 is 4.77. The number of urea groups is 1. The van der Waals surface area contributed by atoms with Crippen molar-refractivity contribution >= 4 is 12.0 Å². The van der Waals surface area contributed by atoms with Crippen molar-refractivity contribution in [3.8, 4) is 0 Å². The summed E-state index contributed by atoms with van der Waals surface area (Å²) in [7, 11) is 3.00. The molecule has 0 saturated heterocycles. The second-order valence-corrected chi connectivity index (χ2v) is 4.64. The van der Waals surface area contributed by atoms with Crippen LogP contribution in [0.1, 0.15) is 11.1 Å². The Balaban J connectivity index is 2.60. The zero-order valence-electron chi connectivity index (χ0n) is 11.9. The Morgan fingerprint density at radius 3 is 2.70 bits per heavy atom. The fourth-order valence-corrected chi connectivity index (χ4v) is 1.76. The SMILES string of the molecule is COCC(NC(=O)N(C)Cc1cccc(C)c1)C(=O)O. The summed E-state index contributed by atoms with van der Waals surface area (Å²) in [6.45, 7) is 2.31. The van der Waals surface area contributed by atoms with Crippen molar-refractivity contribution in [2.75, 3.05) is 20.8 Å². The van der Waals surface area contributed by atoms with Gasteiger partial charge in [0.05, 0.1) is 6.61 Å². The van der Waals surface area contributed by atoms with Crippen LogP contribution in [0.5, 0.6) is 0 Å². The Morgan fingerprint density at radius 2 is 2.15 bits per heavy atom. The lowest BCUT2D eigenvalue weighted by Gasteiger charge is -2.21. The minimum absolute atomic E-state index is 0.0701. The van der Waals surface area contributed by atoms with Crippen molar-refractivity contribution in [1.29, 1.82) is 0 Å². The van der Waals surface area contributed by atoms with E-state index < -0.39 is 18.0 Å². The van der Waals surface area contributed by atoms with Crippen LogP contribution in [0.3, 0.4) is 0 Å². The number of carbonyl (C=O) groups excluding carboxylic acids is 1. The number of hydrogen-bond acceptors (Lipinski definition) is 3. The van der Waals surface area contributed by atoms with E-state index >= 15 is 0 Å².